The SMILES string of the molecule is OC1CSC(C2SCC(S)S2)S1. The monoisotopic (exact) mass is 258 g/mol. The van der Waals surface area contributed by atoms with Gasteiger partial charge < -0.3 is 5.11 Å². The predicted octanol–water partition coefficient (Wildman–Crippen LogP) is 2.17. The van der Waals surface area contributed by atoms with Gasteiger partial charge in [0.2, 0.25) is 0 Å². The van der Waals surface area contributed by atoms with Crippen molar-refractivity contribution in [2.45, 2.75) is 19.2 Å². The first-order valence-corrected chi connectivity index (χ1v) is 8.16. The molecular weight excluding hydrogens is 248 g/mol. The summed E-state index contributed by atoms with van der Waals surface area (Å²) < 4.78 is 1.71. The molecule has 0 amide bonds. The Labute approximate surface area is 95.0 Å². The summed E-state index contributed by atoms with van der Waals surface area (Å²) in [7, 11) is 0. The van der Waals surface area contributed by atoms with Crippen LogP contribution in [0.2, 0.25) is 0 Å². The highest BCUT2D eigenvalue weighted by molar-refractivity contribution is 8.29. The van der Waals surface area contributed by atoms with E-state index in [1.165, 1.54) is 0 Å². The summed E-state index contributed by atoms with van der Waals surface area (Å²) >= 11 is 11.9. The van der Waals surface area contributed by atoms with Crippen molar-refractivity contribution in [2.75, 3.05) is 11.5 Å². The third kappa shape index (κ3) is 2.39. The lowest BCUT2D eigenvalue weighted by Crippen LogP contribution is -2.07. The first-order valence-electron chi connectivity index (χ1n) is 3.66. The van der Waals surface area contributed by atoms with Gasteiger partial charge in [0.25, 0.3) is 0 Å². The van der Waals surface area contributed by atoms with Crippen molar-refractivity contribution in [2.24, 2.45) is 0 Å². The van der Waals surface area contributed by atoms with Crippen LogP contribution in [0.4, 0.5) is 0 Å². The molecule has 12 heavy (non-hydrogen) atoms. The maximum atomic E-state index is 9.33. The second kappa shape index (κ2) is 4.49. The van der Waals surface area contributed by atoms with Crippen LogP contribution in [0.15, 0.2) is 0 Å². The Bertz CT molecular complexity index is 148. The molecule has 2 saturated heterocycles. The average molecular weight is 258 g/mol. The van der Waals surface area contributed by atoms with E-state index in [0.29, 0.717) is 13.7 Å². The lowest BCUT2D eigenvalue weighted by molar-refractivity contribution is 0.290. The molecule has 0 bridgehead atoms. The second-order valence-electron chi connectivity index (χ2n) is 2.58. The van der Waals surface area contributed by atoms with Crippen molar-refractivity contribution in [1.82, 2.24) is 0 Å². The van der Waals surface area contributed by atoms with Gasteiger partial charge in [-0.05, 0) is 0 Å². The summed E-state index contributed by atoms with van der Waals surface area (Å²) in [6.45, 7) is 0. The maximum absolute atomic E-state index is 9.33. The molecule has 4 atom stereocenters. The van der Waals surface area contributed by atoms with E-state index in [2.05, 4.69) is 12.6 Å². The van der Waals surface area contributed by atoms with Crippen LogP contribution in [0.25, 0.3) is 0 Å². The summed E-state index contributed by atoms with van der Waals surface area (Å²) in [4.78, 5) is 0. The number of aliphatic hydroxyl groups excluding tert-OH is 1. The fraction of sp³-hybridized carbons (Fsp3) is 1.00. The third-order valence-corrected chi connectivity index (χ3v) is 9.28. The van der Waals surface area contributed by atoms with Gasteiger partial charge in [0.05, 0.1) is 13.7 Å². The largest absolute Gasteiger partial charge is 0.382 e. The summed E-state index contributed by atoms with van der Waals surface area (Å²) in [6, 6.07) is 0. The van der Waals surface area contributed by atoms with E-state index in [4.69, 9.17) is 0 Å². The molecule has 2 heterocycles. The Hall–Kier alpha value is 1.71. The van der Waals surface area contributed by atoms with Crippen LogP contribution >= 0.6 is 59.7 Å². The van der Waals surface area contributed by atoms with E-state index in [1.54, 1.807) is 11.8 Å². The quantitative estimate of drug-likeness (QED) is 0.701. The fourth-order valence-electron chi connectivity index (χ4n) is 1.11. The molecule has 0 aliphatic carbocycles. The molecule has 1 nitrogen and oxygen atoms in total. The van der Waals surface area contributed by atoms with Crippen LogP contribution in [0.1, 0.15) is 0 Å². The van der Waals surface area contributed by atoms with Gasteiger partial charge >= 0.3 is 0 Å². The van der Waals surface area contributed by atoms with E-state index in [1.807, 2.05) is 35.3 Å². The average Bonchev–Trinajstić information content (AvgIpc) is 2.58. The smallest absolute Gasteiger partial charge is 0.109 e. The molecule has 2 fully saturated rings. The molecule has 2 aliphatic heterocycles. The van der Waals surface area contributed by atoms with Crippen LogP contribution in [-0.2, 0) is 0 Å². The molecule has 0 aromatic carbocycles. The minimum Gasteiger partial charge on any atom is -0.382 e. The van der Waals surface area contributed by atoms with E-state index >= 15 is 0 Å². The molecule has 0 radical (unpaired) electrons. The molecule has 0 aromatic heterocycles. The predicted molar refractivity (Wildman–Crippen MR) is 66.5 cm³/mol. The van der Waals surface area contributed by atoms with Crippen molar-refractivity contribution in [3.63, 3.8) is 0 Å². The zero-order valence-corrected chi connectivity index (χ0v) is 10.4. The van der Waals surface area contributed by atoms with E-state index < -0.39 is 0 Å². The first kappa shape index (κ1) is 10.2. The van der Waals surface area contributed by atoms with Gasteiger partial charge in [-0.25, -0.2) is 0 Å². The minimum atomic E-state index is -0.139. The van der Waals surface area contributed by atoms with Crippen LogP contribution in [-0.4, -0.2) is 35.8 Å². The molecular formula is C6H10OS5. The molecule has 2 aliphatic rings. The molecule has 2 rings (SSSR count). The highest BCUT2D eigenvalue weighted by atomic mass is 32.2. The van der Waals surface area contributed by atoms with Gasteiger partial charge in [0.1, 0.15) is 5.44 Å². The van der Waals surface area contributed by atoms with Gasteiger partial charge in [-0.15, -0.1) is 47.0 Å². The van der Waals surface area contributed by atoms with Crippen LogP contribution in [0.5, 0.6) is 0 Å². The van der Waals surface area contributed by atoms with Crippen molar-refractivity contribution in [3.8, 4) is 0 Å². The summed E-state index contributed by atoms with van der Waals surface area (Å²) in [5, 5.41) is 9.33. The molecule has 0 saturated carbocycles. The number of thioether (sulfide) groups is 4. The molecule has 0 aromatic rings. The van der Waals surface area contributed by atoms with Crippen molar-refractivity contribution in [1.29, 1.82) is 0 Å². The second-order valence-corrected chi connectivity index (χ2v) is 9.18. The van der Waals surface area contributed by atoms with Gasteiger partial charge in [0.15, 0.2) is 0 Å². The Morgan fingerprint density at radius 1 is 1.08 bits per heavy atom. The zero-order valence-electron chi connectivity index (χ0n) is 6.25. The Morgan fingerprint density at radius 2 is 1.75 bits per heavy atom. The van der Waals surface area contributed by atoms with E-state index in [-0.39, 0.29) is 5.44 Å². The lowest BCUT2D eigenvalue weighted by atomic mass is 10.9. The number of hydrogen-bond acceptors (Lipinski definition) is 6. The highest BCUT2D eigenvalue weighted by Gasteiger charge is 2.36. The van der Waals surface area contributed by atoms with Gasteiger partial charge in [-0.2, -0.15) is 12.6 Å². The molecule has 4 unspecified atom stereocenters. The van der Waals surface area contributed by atoms with Crippen molar-refractivity contribution < 1.29 is 5.11 Å². The maximum Gasteiger partial charge on any atom is 0.109 e. The highest BCUT2D eigenvalue weighted by Crippen LogP contribution is 2.51. The van der Waals surface area contributed by atoms with Crippen LogP contribution < -0.4 is 0 Å². The van der Waals surface area contributed by atoms with Crippen LogP contribution in [0.3, 0.4) is 0 Å². The standard InChI is InChI=1S/C6H10OS5/c7-3-1-9-5(11-3)6-10-2-4(8)12-6/h3-8H,1-2H2. The Kier molecular flexibility index (Phi) is 3.83. The fourth-order valence-corrected chi connectivity index (χ4v) is 8.60. The number of thiol groups is 1. The van der Waals surface area contributed by atoms with Gasteiger partial charge in [-0.3, -0.25) is 0 Å². The van der Waals surface area contributed by atoms with Gasteiger partial charge in [0, 0.05) is 11.5 Å². The number of rotatable bonds is 1. The topological polar surface area (TPSA) is 20.2 Å². The van der Waals surface area contributed by atoms with Crippen LogP contribution in [0, 0.1) is 0 Å². The summed E-state index contributed by atoms with van der Waals surface area (Å²) in [5.74, 6) is 2.04. The number of hydrogen-bond donors (Lipinski definition) is 2. The lowest BCUT2D eigenvalue weighted by Gasteiger charge is -2.14. The van der Waals surface area contributed by atoms with Crippen molar-refractivity contribution in [3.05, 3.63) is 0 Å². The Morgan fingerprint density at radius 3 is 2.25 bits per heavy atom. The number of aliphatic hydroxyl groups is 1. The summed E-state index contributed by atoms with van der Waals surface area (Å²) in [6.07, 6.45) is 0. The minimum absolute atomic E-state index is 0.139. The third-order valence-electron chi connectivity index (χ3n) is 1.61. The molecule has 70 valence electrons. The molecule has 1 N–H and O–H groups in total. The Balaban J connectivity index is 1.85. The normalized spacial score (nSPS) is 48.5. The zero-order chi connectivity index (χ0) is 8.55. The molecule has 6 heteroatoms. The van der Waals surface area contributed by atoms with E-state index in [9.17, 15) is 5.11 Å². The first-order chi connectivity index (χ1) is 5.75. The van der Waals surface area contributed by atoms with Crippen molar-refractivity contribution >= 4 is 59.7 Å². The molecule has 0 spiro atoms. The van der Waals surface area contributed by atoms with E-state index in [0.717, 1.165) is 11.5 Å². The van der Waals surface area contributed by atoms with Gasteiger partial charge in [-0.1, -0.05) is 0 Å². The summed E-state index contributed by atoms with van der Waals surface area (Å²) in [5.41, 5.74) is -0.139.